The Balaban J connectivity index is 2.12. The van der Waals surface area contributed by atoms with E-state index >= 15 is 0 Å². The Morgan fingerprint density at radius 1 is 1.17 bits per heavy atom. The van der Waals surface area contributed by atoms with Gasteiger partial charge in [-0.3, -0.25) is 0 Å². The van der Waals surface area contributed by atoms with E-state index in [-0.39, 0.29) is 6.04 Å². The summed E-state index contributed by atoms with van der Waals surface area (Å²) in [6.07, 6.45) is 3.45. The van der Waals surface area contributed by atoms with Crippen LogP contribution in [0.3, 0.4) is 0 Å². The molecule has 0 saturated carbocycles. The molecule has 90 valence electrons. The second kappa shape index (κ2) is 4.49. The minimum absolute atomic E-state index is 0.180. The topological polar surface area (TPSA) is 43.6 Å². The third-order valence-corrected chi connectivity index (χ3v) is 3.34. The molecule has 3 rings (SSSR count). The maximum Gasteiger partial charge on any atom is 0.197 e. The van der Waals surface area contributed by atoms with Crippen LogP contribution in [-0.2, 0) is 0 Å². The molecule has 0 saturated heterocycles. The summed E-state index contributed by atoms with van der Waals surface area (Å²) in [5, 5.41) is 0. The lowest BCUT2D eigenvalue weighted by atomic mass is 10.1. The van der Waals surface area contributed by atoms with E-state index in [1.807, 2.05) is 22.8 Å². The van der Waals surface area contributed by atoms with Gasteiger partial charge in [0.05, 0.1) is 18.6 Å². The average Bonchev–Trinajstić information content (AvgIpc) is 2.82. The summed E-state index contributed by atoms with van der Waals surface area (Å²) < 4.78 is 2.75. The number of halogens is 1. The summed E-state index contributed by atoms with van der Waals surface area (Å²) in [7, 11) is 0. The molecule has 1 atom stereocenters. The Kier molecular flexibility index (Phi) is 2.83. The molecule has 2 heterocycles. The first kappa shape index (κ1) is 11.3. The summed E-state index contributed by atoms with van der Waals surface area (Å²) in [6.45, 7) is 2.12. The molecule has 0 aliphatic rings. The van der Waals surface area contributed by atoms with Crippen LogP contribution in [0.15, 0.2) is 47.5 Å². The standard InChI is InChI=1S/C13H11BrN4/c1-9(10-5-3-2-4-6-10)18-8-16-12-13(18)17-11(14)7-15-12/h2-9H,1H3. The third-order valence-electron chi connectivity index (χ3n) is 2.95. The van der Waals surface area contributed by atoms with Crippen molar-refractivity contribution in [3.8, 4) is 0 Å². The second-order valence-electron chi connectivity index (χ2n) is 4.08. The molecule has 1 aromatic carbocycles. The van der Waals surface area contributed by atoms with Gasteiger partial charge in [0.15, 0.2) is 11.3 Å². The van der Waals surface area contributed by atoms with E-state index in [4.69, 9.17) is 0 Å². The zero-order chi connectivity index (χ0) is 12.5. The Morgan fingerprint density at radius 3 is 2.72 bits per heavy atom. The van der Waals surface area contributed by atoms with Crippen LogP contribution in [0.1, 0.15) is 18.5 Å². The van der Waals surface area contributed by atoms with Crippen LogP contribution in [0.25, 0.3) is 11.3 Å². The monoisotopic (exact) mass is 302 g/mol. The van der Waals surface area contributed by atoms with Gasteiger partial charge in [0.1, 0.15) is 4.60 Å². The van der Waals surface area contributed by atoms with Crippen molar-refractivity contribution in [1.29, 1.82) is 0 Å². The fourth-order valence-corrected chi connectivity index (χ4v) is 2.23. The third kappa shape index (κ3) is 1.90. The number of hydrogen-bond donors (Lipinski definition) is 0. The zero-order valence-corrected chi connectivity index (χ0v) is 11.4. The van der Waals surface area contributed by atoms with Crippen LogP contribution < -0.4 is 0 Å². The van der Waals surface area contributed by atoms with Crippen molar-refractivity contribution in [1.82, 2.24) is 19.5 Å². The molecule has 18 heavy (non-hydrogen) atoms. The van der Waals surface area contributed by atoms with Crippen LogP contribution in [0.2, 0.25) is 0 Å². The molecule has 0 bridgehead atoms. The fourth-order valence-electron chi connectivity index (χ4n) is 1.96. The molecule has 0 N–H and O–H groups in total. The average molecular weight is 303 g/mol. The quantitative estimate of drug-likeness (QED) is 0.730. The first-order chi connectivity index (χ1) is 8.75. The number of rotatable bonds is 2. The molecular weight excluding hydrogens is 292 g/mol. The molecule has 0 spiro atoms. The van der Waals surface area contributed by atoms with Crippen LogP contribution >= 0.6 is 15.9 Å². The van der Waals surface area contributed by atoms with E-state index in [9.17, 15) is 0 Å². The molecule has 1 unspecified atom stereocenters. The van der Waals surface area contributed by atoms with Gasteiger partial charge in [-0.1, -0.05) is 30.3 Å². The van der Waals surface area contributed by atoms with Crippen LogP contribution in [0, 0.1) is 0 Å². The summed E-state index contributed by atoms with van der Waals surface area (Å²) >= 11 is 3.34. The first-order valence-corrected chi connectivity index (χ1v) is 6.45. The van der Waals surface area contributed by atoms with E-state index in [0.717, 1.165) is 10.3 Å². The van der Waals surface area contributed by atoms with Crippen molar-refractivity contribution in [2.45, 2.75) is 13.0 Å². The summed E-state index contributed by atoms with van der Waals surface area (Å²) in [5.74, 6) is 0. The normalized spacial score (nSPS) is 12.8. The second-order valence-corrected chi connectivity index (χ2v) is 4.89. The highest BCUT2D eigenvalue weighted by molar-refractivity contribution is 9.10. The van der Waals surface area contributed by atoms with E-state index in [0.29, 0.717) is 5.65 Å². The highest BCUT2D eigenvalue weighted by Gasteiger charge is 2.13. The van der Waals surface area contributed by atoms with Crippen molar-refractivity contribution in [3.63, 3.8) is 0 Å². The van der Waals surface area contributed by atoms with Gasteiger partial charge in [-0.25, -0.2) is 15.0 Å². The van der Waals surface area contributed by atoms with Crippen molar-refractivity contribution in [2.24, 2.45) is 0 Å². The molecular formula is C13H11BrN4. The lowest BCUT2D eigenvalue weighted by Gasteiger charge is -2.13. The van der Waals surface area contributed by atoms with Gasteiger partial charge in [-0.05, 0) is 28.4 Å². The van der Waals surface area contributed by atoms with Crippen LogP contribution in [-0.4, -0.2) is 19.5 Å². The van der Waals surface area contributed by atoms with E-state index in [2.05, 4.69) is 49.9 Å². The highest BCUT2D eigenvalue weighted by atomic mass is 79.9. The highest BCUT2D eigenvalue weighted by Crippen LogP contribution is 2.21. The predicted octanol–water partition coefficient (Wildman–Crippen LogP) is 3.20. The van der Waals surface area contributed by atoms with E-state index in [1.165, 1.54) is 5.56 Å². The summed E-state index contributed by atoms with van der Waals surface area (Å²) in [4.78, 5) is 12.9. The maximum absolute atomic E-state index is 4.44. The van der Waals surface area contributed by atoms with Gasteiger partial charge in [0, 0.05) is 0 Å². The number of aromatic nitrogens is 4. The van der Waals surface area contributed by atoms with Crippen molar-refractivity contribution in [2.75, 3.05) is 0 Å². The maximum atomic E-state index is 4.44. The van der Waals surface area contributed by atoms with Crippen LogP contribution in [0.5, 0.6) is 0 Å². The molecule has 0 amide bonds. The molecule has 2 aromatic heterocycles. The van der Waals surface area contributed by atoms with Gasteiger partial charge in [0.2, 0.25) is 0 Å². The largest absolute Gasteiger partial charge is 0.307 e. The minimum Gasteiger partial charge on any atom is -0.307 e. The molecule has 0 radical (unpaired) electrons. The lowest BCUT2D eigenvalue weighted by molar-refractivity contribution is 0.652. The molecule has 0 fully saturated rings. The number of benzene rings is 1. The van der Waals surface area contributed by atoms with Crippen molar-refractivity contribution in [3.05, 3.63) is 53.0 Å². The summed E-state index contributed by atoms with van der Waals surface area (Å²) in [6, 6.07) is 10.5. The molecule has 0 aliphatic heterocycles. The van der Waals surface area contributed by atoms with Gasteiger partial charge in [-0.15, -0.1) is 0 Å². The number of fused-ring (bicyclic) bond motifs is 1. The lowest BCUT2D eigenvalue weighted by Crippen LogP contribution is -2.06. The van der Waals surface area contributed by atoms with Crippen molar-refractivity contribution >= 4 is 27.2 Å². The Morgan fingerprint density at radius 2 is 1.94 bits per heavy atom. The minimum atomic E-state index is 0.180. The first-order valence-electron chi connectivity index (χ1n) is 5.66. The predicted molar refractivity (Wildman–Crippen MR) is 73.3 cm³/mol. The molecule has 5 heteroatoms. The number of nitrogens with zero attached hydrogens (tertiary/aromatic N) is 4. The van der Waals surface area contributed by atoms with E-state index < -0.39 is 0 Å². The van der Waals surface area contributed by atoms with E-state index in [1.54, 1.807) is 12.5 Å². The number of hydrogen-bond acceptors (Lipinski definition) is 3. The van der Waals surface area contributed by atoms with Crippen molar-refractivity contribution < 1.29 is 0 Å². The van der Waals surface area contributed by atoms with Gasteiger partial charge in [0.25, 0.3) is 0 Å². The molecule has 3 aromatic rings. The zero-order valence-electron chi connectivity index (χ0n) is 9.79. The molecule has 4 nitrogen and oxygen atoms in total. The fraction of sp³-hybridized carbons (Fsp3) is 0.154. The van der Waals surface area contributed by atoms with Crippen LogP contribution in [0.4, 0.5) is 0 Å². The Hall–Kier alpha value is -1.75. The Labute approximate surface area is 113 Å². The summed E-state index contributed by atoms with van der Waals surface area (Å²) in [5.41, 5.74) is 2.68. The van der Waals surface area contributed by atoms with Gasteiger partial charge in [-0.2, -0.15) is 0 Å². The van der Waals surface area contributed by atoms with Gasteiger partial charge < -0.3 is 4.57 Å². The SMILES string of the molecule is CC(c1ccccc1)n1cnc2ncc(Br)nc21. The molecule has 0 aliphatic carbocycles. The smallest absolute Gasteiger partial charge is 0.197 e. The number of imidazole rings is 1. The Bertz CT molecular complexity index is 678. The van der Waals surface area contributed by atoms with Gasteiger partial charge >= 0.3 is 0 Å².